The molecule has 0 saturated heterocycles. The van der Waals surface area contributed by atoms with Crippen molar-refractivity contribution in [2.45, 2.75) is 12.5 Å². The summed E-state index contributed by atoms with van der Waals surface area (Å²) >= 11 is 0. The van der Waals surface area contributed by atoms with Crippen LogP contribution in [-0.4, -0.2) is 15.5 Å². The average Bonchev–Trinajstić information content (AvgIpc) is 3.04. The first kappa shape index (κ1) is 17.9. The predicted octanol–water partition coefficient (Wildman–Crippen LogP) is 4.43. The van der Waals surface area contributed by atoms with E-state index in [1.165, 1.54) is 18.2 Å². The van der Waals surface area contributed by atoms with Gasteiger partial charge >= 0.3 is 0 Å². The number of aryl methyl sites for hydroxylation is 1. The quantitative estimate of drug-likeness (QED) is 0.563. The van der Waals surface area contributed by atoms with Crippen LogP contribution in [0.2, 0.25) is 0 Å². The van der Waals surface area contributed by atoms with E-state index >= 15 is 0 Å². The molecule has 140 valence electrons. The Kier molecular flexibility index (Phi) is 4.89. The number of fused-ring (bicyclic) bond motifs is 1. The molecule has 1 amide bonds. The van der Waals surface area contributed by atoms with Gasteiger partial charge in [0.25, 0.3) is 5.91 Å². The number of carbonyl (C=O) groups excluding carboxylic acids is 1. The molecule has 0 radical (unpaired) electrons. The van der Waals surface area contributed by atoms with Crippen LogP contribution in [0.25, 0.3) is 11.0 Å². The summed E-state index contributed by atoms with van der Waals surface area (Å²) in [6, 6.07) is 23.1. The van der Waals surface area contributed by atoms with Crippen molar-refractivity contribution in [3.8, 4) is 0 Å². The summed E-state index contributed by atoms with van der Waals surface area (Å²) in [4.78, 5) is 17.4. The van der Waals surface area contributed by atoms with Crippen molar-refractivity contribution in [2.24, 2.45) is 7.05 Å². The van der Waals surface area contributed by atoms with E-state index in [1.807, 2.05) is 66.2 Å². The fourth-order valence-electron chi connectivity index (χ4n) is 3.37. The van der Waals surface area contributed by atoms with Crippen molar-refractivity contribution in [3.05, 3.63) is 102 Å². The van der Waals surface area contributed by atoms with Gasteiger partial charge in [0, 0.05) is 19.0 Å². The molecule has 28 heavy (non-hydrogen) atoms. The number of aromatic nitrogens is 2. The second-order valence-electron chi connectivity index (χ2n) is 6.73. The maximum absolute atomic E-state index is 13.5. The van der Waals surface area contributed by atoms with Crippen molar-refractivity contribution >= 4 is 16.9 Å². The van der Waals surface area contributed by atoms with Crippen molar-refractivity contribution in [1.82, 2.24) is 14.9 Å². The van der Waals surface area contributed by atoms with Gasteiger partial charge in [-0.05, 0) is 35.9 Å². The summed E-state index contributed by atoms with van der Waals surface area (Å²) in [6.07, 6.45) is 0.524. The Bertz CT molecular complexity index is 1120. The fourth-order valence-corrected chi connectivity index (χ4v) is 3.37. The Labute approximate surface area is 162 Å². The molecule has 1 heterocycles. The number of rotatable bonds is 5. The average molecular weight is 373 g/mol. The number of benzene rings is 3. The number of nitrogens with zero attached hydrogens (tertiary/aromatic N) is 2. The number of carbonyl (C=O) groups is 1. The normalized spacial score (nSPS) is 12.1. The summed E-state index contributed by atoms with van der Waals surface area (Å²) in [6.45, 7) is 0. The first-order chi connectivity index (χ1) is 13.6. The number of nitrogens with one attached hydrogen (secondary N) is 1. The van der Waals surface area contributed by atoms with Gasteiger partial charge in [-0.25, -0.2) is 9.37 Å². The molecule has 1 aromatic heterocycles. The van der Waals surface area contributed by atoms with Gasteiger partial charge in [0.2, 0.25) is 0 Å². The van der Waals surface area contributed by atoms with E-state index in [4.69, 9.17) is 4.98 Å². The van der Waals surface area contributed by atoms with E-state index in [9.17, 15) is 9.18 Å². The van der Waals surface area contributed by atoms with Crippen LogP contribution in [-0.2, 0) is 13.5 Å². The number of hydrogen-bond acceptors (Lipinski definition) is 2. The Morgan fingerprint density at radius 1 is 1.04 bits per heavy atom. The summed E-state index contributed by atoms with van der Waals surface area (Å²) in [7, 11) is 1.97. The summed E-state index contributed by atoms with van der Waals surface area (Å²) in [5.74, 6) is 0.126. The van der Waals surface area contributed by atoms with Gasteiger partial charge in [-0.15, -0.1) is 0 Å². The van der Waals surface area contributed by atoms with Gasteiger partial charge in [0.05, 0.1) is 17.1 Å². The summed E-state index contributed by atoms with van der Waals surface area (Å²) in [5.41, 5.74) is 3.23. The van der Waals surface area contributed by atoms with Gasteiger partial charge < -0.3 is 9.88 Å². The highest BCUT2D eigenvalue weighted by Gasteiger charge is 2.19. The number of halogens is 1. The molecule has 1 atom stereocenters. The summed E-state index contributed by atoms with van der Waals surface area (Å²) < 4.78 is 15.6. The van der Waals surface area contributed by atoms with Crippen LogP contribution in [0.1, 0.15) is 27.8 Å². The molecule has 4 rings (SSSR count). The zero-order chi connectivity index (χ0) is 19.5. The smallest absolute Gasteiger partial charge is 0.251 e. The molecule has 0 aliphatic rings. The third-order valence-corrected chi connectivity index (χ3v) is 4.86. The highest BCUT2D eigenvalue weighted by molar-refractivity contribution is 5.94. The Balaban J connectivity index is 1.66. The molecule has 3 aromatic carbocycles. The molecule has 0 unspecified atom stereocenters. The van der Waals surface area contributed by atoms with Gasteiger partial charge in [0.15, 0.2) is 0 Å². The zero-order valence-electron chi connectivity index (χ0n) is 15.5. The molecule has 0 fully saturated rings. The van der Waals surface area contributed by atoms with Gasteiger partial charge in [0.1, 0.15) is 11.6 Å². The first-order valence-electron chi connectivity index (χ1n) is 9.13. The molecule has 4 nitrogen and oxygen atoms in total. The summed E-state index contributed by atoms with van der Waals surface area (Å²) in [5, 5.41) is 3.04. The first-order valence-corrected chi connectivity index (χ1v) is 9.13. The lowest BCUT2D eigenvalue weighted by Gasteiger charge is -2.19. The molecule has 4 aromatic rings. The van der Waals surface area contributed by atoms with E-state index in [-0.39, 0.29) is 11.9 Å². The van der Waals surface area contributed by atoms with E-state index in [0.717, 1.165) is 22.4 Å². The van der Waals surface area contributed by atoms with E-state index in [1.54, 1.807) is 6.07 Å². The minimum atomic E-state index is -0.431. The molecule has 1 N–H and O–H groups in total. The van der Waals surface area contributed by atoms with Crippen molar-refractivity contribution in [2.75, 3.05) is 0 Å². The molecule has 0 saturated carbocycles. The van der Waals surface area contributed by atoms with Crippen LogP contribution in [0.5, 0.6) is 0 Å². The van der Waals surface area contributed by atoms with Crippen LogP contribution in [0, 0.1) is 5.82 Å². The maximum Gasteiger partial charge on any atom is 0.251 e. The predicted molar refractivity (Wildman–Crippen MR) is 107 cm³/mol. The van der Waals surface area contributed by atoms with Crippen LogP contribution in [0.15, 0.2) is 78.9 Å². The number of amides is 1. The van der Waals surface area contributed by atoms with Crippen molar-refractivity contribution < 1.29 is 9.18 Å². The monoisotopic (exact) mass is 373 g/mol. The standard InChI is InChI=1S/C23H20FN3O/c1-27-21-13-6-5-12-19(21)25-22(27)15-20(16-8-3-2-4-9-16)26-23(28)17-10-7-11-18(24)14-17/h2-14,20H,15H2,1H3,(H,26,28)/t20-/m1/s1. The lowest BCUT2D eigenvalue weighted by molar-refractivity contribution is 0.0935. The van der Waals surface area contributed by atoms with E-state index in [0.29, 0.717) is 12.0 Å². The number of imidazole rings is 1. The number of hydrogen-bond donors (Lipinski definition) is 1. The van der Waals surface area contributed by atoms with Gasteiger partial charge in [-0.3, -0.25) is 4.79 Å². The third-order valence-electron chi connectivity index (χ3n) is 4.86. The SMILES string of the molecule is Cn1c(C[C@@H](NC(=O)c2cccc(F)c2)c2ccccc2)nc2ccccc21. The third kappa shape index (κ3) is 3.64. The second kappa shape index (κ2) is 7.64. The van der Waals surface area contributed by atoms with Gasteiger partial charge in [-0.2, -0.15) is 0 Å². The maximum atomic E-state index is 13.5. The van der Waals surface area contributed by atoms with Crippen LogP contribution >= 0.6 is 0 Å². The van der Waals surface area contributed by atoms with E-state index < -0.39 is 5.82 Å². The van der Waals surface area contributed by atoms with Gasteiger partial charge in [-0.1, -0.05) is 48.5 Å². The fraction of sp³-hybridized carbons (Fsp3) is 0.130. The number of para-hydroxylation sites is 2. The largest absolute Gasteiger partial charge is 0.345 e. The molecule has 0 aliphatic heterocycles. The lowest BCUT2D eigenvalue weighted by Crippen LogP contribution is -2.30. The second-order valence-corrected chi connectivity index (χ2v) is 6.73. The molecular weight excluding hydrogens is 353 g/mol. The van der Waals surface area contributed by atoms with Crippen molar-refractivity contribution in [1.29, 1.82) is 0 Å². The molecule has 0 aliphatic carbocycles. The minimum absolute atomic E-state index is 0.285. The zero-order valence-corrected chi connectivity index (χ0v) is 15.5. The van der Waals surface area contributed by atoms with Crippen LogP contribution in [0.3, 0.4) is 0 Å². The van der Waals surface area contributed by atoms with Crippen LogP contribution < -0.4 is 5.32 Å². The molecule has 0 spiro atoms. The highest BCUT2D eigenvalue weighted by atomic mass is 19.1. The Morgan fingerprint density at radius 2 is 1.79 bits per heavy atom. The Morgan fingerprint density at radius 3 is 2.54 bits per heavy atom. The molecule has 5 heteroatoms. The topological polar surface area (TPSA) is 46.9 Å². The molecular formula is C23H20FN3O. The molecule has 0 bridgehead atoms. The highest BCUT2D eigenvalue weighted by Crippen LogP contribution is 2.22. The van der Waals surface area contributed by atoms with E-state index in [2.05, 4.69) is 5.32 Å². The lowest BCUT2D eigenvalue weighted by atomic mass is 10.0. The minimum Gasteiger partial charge on any atom is -0.345 e. The Hall–Kier alpha value is -3.47. The van der Waals surface area contributed by atoms with Crippen molar-refractivity contribution in [3.63, 3.8) is 0 Å². The van der Waals surface area contributed by atoms with Crippen LogP contribution in [0.4, 0.5) is 4.39 Å².